The summed E-state index contributed by atoms with van der Waals surface area (Å²) in [4.78, 5) is 12.4. The molecule has 23 heavy (non-hydrogen) atoms. The first-order valence-electron chi connectivity index (χ1n) is 7.00. The molecule has 0 radical (unpaired) electrons. The summed E-state index contributed by atoms with van der Waals surface area (Å²) in [5.74, 6) is 2.47. The van der Waals surface area contributed by atoms with Gasteiger partial charge in [0.2, 0.25) is 5.78 Å². The molecule has 3 rings (SSSR count). The number of ether oxygens (including phenoxy) is 4. The number of hydrogen-bond donors (Lipinski definition) is 0. The van der Waals surface area contributed by atoms with E-state index in [0.717, 1.165) is 5.56 Å². The van der Waals surface area contributed by atoms with Crippen LogP contribution in [0.2, 0.25) is 0 Å². The zero-order chi connectivity index (χ0) is 16.4. The molecule has 2 aromatic carbocycles. The van der Waals surface area contributed by atoms with Crippen molar-refractivity contribution in [3.05, 3.63) is 53.3 Å². The number of Topliss-reactive ketones (excluding diaryl/α,β-unsaturated/α-hetero) is 1. The van der Waals surface area contributed by atoms with Crippen molar-refractivity contribution in [2.75, 3.05) is 21.3 Å². The lowest BCUT2D eigenvalue weighted by Crippen LogP contribution is -1.98. The van der Waals surface area contributed by atoms with Gasteiger partial charge >= 0.3 is 0 Å². The van der Waals surface area contributed by atoms with Gasteiger partial charge < -0.3 is 18.9 Å². The largest absolute Gasteiger partial charge is 0.497 e. The highest BCUT2D eigenvalue weighted by atomic mass is 16.5. The molecule has 5 heteroatoms. The first-order chi connectivity index (χ1) is 11.2. The van der Waals surface area contributed by atoms with Gasteiger partial charge in [-0.1, -0.05) is 6.07 Å². The van der Waals surface area contributed by atoms with E-state index in [1.165, 1.54) is 0 Å². The molecule has 0 N–H and O–H groups in total. The molecule has 0 bridgehead atoms. The first kappa shape index (κ1) is 15.0. The minimum Gasteiger partial charge on any atom is -0.497 e. The molecule has 0 aliphatic carbocycles. The molecule has 0 fully saturated rings. The Balaban J connectivity index is 1.94. The van der Waals surface area contributed by atoms with Crippen molar-refractivity contribution < 1.29 is 23.7 Å². The van der Waals surface area contributed by atoms with Crippen LogP contribution in [0, 0.1) is 0 Å². The molecule has 0 atom stereocenters. The fraction of sp³-hybridized carbons (Fsp3) is 0.167. The number of carbonyl (C=O) groups is 1. The van der Waals surface area contributed by atoms with Gasteiger partial charge in [-0.05, 0) is 35.9 Å². The van der Waals surface area contributed by atoms with Gasteiger partial charge in [-0.3, -0.25) is 4.79 Å². The summed E-state index contributed by atoms with van der Waals surface area (Å²) < 4.78 is 21.3. The number of benzene rings is 2. The Labute approximate surface area is 134 Å². The van der Waals surface area contributed by atoms with E-state index in [1.807, 2.05) is 6.07 Å². The van der Waals surface area contributed by atoms with Crippen LogP contribution < -0.4 is 18.9 Å². The molecule has 1 aliphatic heterocycles. The fourth-order valence-electron chi connectivity index (χ4n) is 2.39. The number of carbonyl (C=O) groups excluding carboxylic acids is 1. The maximum Gasteiger partial charge on any atom is 0.231 e. The summed E-state index contributed by atoms with van der Waals surface area (Å²) in [6, 6.07) is 10.5. The van der Waals surface area contributed by atoms with E-state index in [1.54, 1.807) is 57.7 Å². The first-order valence-corrected chi connectivity index (χ1v) is 7.00. The normalized spacial score (nSPS) is 14.4. The van der Waals surface area contributed by atoms with Crippen LogP contribution in [0.1, 0.15) is 15.9 Å². The van der Waals surface area contributed by atoms with E-state index in [4.69, 9.17) is 18.9 Å². The Kier molecular flexibility index (Phi) is 3.93. The molecular formula is C18H16O5. The van der Waals surface area contributed by atoms with Gasteiger partial charge in [0.1, 0.15) is 11.5 Å². The van der Waals surface area contributed by atoms with Crippen molar-refractivity contribution in [1.82, 2.24) is 0 Å². The zero-order valence-corrected chi connectivity index (χ0v) is 13.1. The molecule has 0 saturated heterocycles. The Morgan fingerprint density at radius 3 is 2.39 bits per heavy atom. The number of rotatable bonds is 4. The number of allylic oxidation sites excluding steroid dienone is 1. The number of methoxy groups -OCH3 is 3. The molecule has 5 nitrogen and oxygen atoms in total. The Morgan fingerprint density at radius 1 is 0.913 bits per heavy atom. The van der Waals surface area contributed by atoms with Crippen molar-refractivity contribution >= 4 is 11.9 Å². The van der Waals surface area contributed by atoms with E-state index >= 15 is 0 Å². The smallest absolute Gasteiger partial charge is 0.231 e. The van der Waals surface area contributed by atoms with E-state index in [0.29, 0.717) is 28.6 Å². The van der Waals surface area contributed by atoms with Crippen molar-refractivity contribution in [3.63, 3.8) is 0 Å². The predicted molar refractivity (Wildman–Crippen MR) is 85.5 cm³/mol. The summed E-state index contributed by atoms with van der Waals surface area (Å²) in [5, 5.41) is 0. The monoisotopic (exact) mass is 312 g/mol. The van der Waals surface area contributed by atoms with Gasteiger partial charge in [0.05, 0.1) is 26.9 Å². The van der Waals surface area contributed by atoms with E-state index in [-0.39, 0.29) is 11.5 Å². The van der Waals surface area contributed by atoms with Crippen LogP contribution in [-0.2, 0) is 0 Å². The summed E-state index contributed by atoms with van der Waals surface area (Å²) in [5.41, 5.74) is 1.31. The Morgan fingerprint density at radius 2 is 1.70 bits per heavy atom. The standard InChI is InChI=1S/C18H16O5/c1-20-12-5-6-13-15(10-12)23-17(18(13)19)9-11-4-7-14(21-2)16(8-11)22-3/h4-10H,1-3H3/b17-9+. The Bertz CT molecular complexity index is 792. The summed E-state index contributed by atoms with van der Waals surface area (Å²) in [6.07, 6.45) is 1.68. The lowest BCUT2D eigenvalue weighted by Gasteiger charge is -2.08. The second-order valence-electron chi connectivity index (χ2n) is 4.92. The number of fused-ring (bicyclic) bond motifs is 1. The highest BCUT2D eigenvalue weighted by Gasteiger charge is 2.27. The highest BCUT2D eigenvalue weighted by Crippen LogP contribution is 2.35. The van der Waals surface area contributed by atoms with Crippen molar-refractivity contribution in [1.29, 1.82) is 0 Å². The second-order valence-corrected chi connectivity index (χ2v) is 4.92. The molecule has 0 amide bonds. The minimum atomic E-state index is -0.155. The molecule has 1 aliphatic rings. The Hall–Kier alpha value is -2.95. The minimum absolute atomic E-state index is 0.155. The average molecular weight is 312 g/mol. The topological polar surface area (TPSA) is 54.0 Å². The van der Waals surface area contributed by atoms with Crippen molar-refractivity contribution in [2.24, 2.45) is 0 Å². The van der Waals surface area contributed by atoms with Crippen LogP contribution in [0.4, 0.5) is 0 Å². The van der Waals surface area contributed by atoms with Crippen LogP contribution in [0.15, 0.2) is 42.2 Å². The molecule has 1 heterocycles. The average Bonchev–Trinajstić information content (AvgIpc) is 2.89. The lowest BCUT2D eigenvalue weighted by atomic mass is 10.1. The van der Waals surface area contributed by atoms with Gasteiger partial charge in [0, 0.05) is 6.07 Å². The van der Waals surface area contributed by atoms with Gasteiger partial charge in [0.25, 0.3) is 0 Å². The third-order valence-electron chi connectivity index (χ3n) is 3.58. The fourth-order valence-corrected chi connectivity index (χ4v) is 2.39. The van der Waals surface area contributed by atoms with Crippen LogP contribution >= 0.6 is 0 Å². The molecule has 0 spiro atoms. The molecule has 118 valence electrons. The molecule has 2 aromatic rings. The molecule has 0 aromatic heterocycles. The van der Waals surface area contributed by atoms with E-state index in [9.17, 15) is 4.79 Å². The van der Waals surface area contributed by atoms with Crippen molar-refractivity contribution in [3.8, 4) is 23.0 Å². The van der Waals surface area contributed by atoms with E-state index in [2.05, 4.69) is 0 Å². The van der Waals surface area contributed by atoms with Gasteiger partial charge in [-0.15, -0.1) is 0 Å². The summed E-state index contributed by atoms with van der Waals surface area (Å²) in [7, 11) is 4.70. The predicted octanol–water partition coefficient (Wildman–Crippen LogP) is 3.33. The zero-order valence-electron chi connectivity index (χ0n) is 13.1. The van der Waals surface area contributed by atoms with Crippen molar-refractivity contribution in [2.45, 2.75) is 0 Å². The SMILES string of the molecule is COc1ccc2c(c1)O/C(=C/c1ccc(OC)c(OC)c1)C2=O. The third kappa shape index (κ3) is 2.73. The lowest BCUT2D eigenvalue weighted by molar-refractivity contribution is 0.101. The maximum absolute atomic E-state index is 12.4. The number of ketones is 1. The third-order valence-corrected chi connectivity index (χ3v) is 3.58. The molecule has 0 saturated carbocycles. The summed E-state index contributed by atoms with van der Waals surface area (Å²) >= 11 is 0. The van der Waals surface area contributed by atoms with Gasteiger partial charge in [-0.2, -0.15) is 0 Å². The molecule has 0 unspecified atom stereocenters. The molecular weight excluding hydrogens is 296 g/mol. The maximum atomic E-state index is 12.4. The summed E-state index contributed by atoms with van der Waals surface area (Å²) in [6.45, 7) is 0. The van der Waals surface area contributed by atoms with Gasteiger partial charge in [-0.25, -0.2) is 0 Å². The quantitative estimate of drug-likeness (QED) is 0.811. The van der Waals surface area contributed by atoms with E-state index < -0.39 is 0 Å². The van der Waals surface area contributed by atoms with Crippen LogP contribution in [0.5, 0.6) is 23.0 Å². The highest BCUT2D eigenvalue weighted by molar-refractivity contribution is 6.14. The van der Waals surface area contributed by atoms with Gasteiger partial charge in [0.15, 0.2) is 17.3 Å². The second kappa shape index (κ2) is 6.04. The van der Waals surface area contributed by atoms with Crippen LogP contribution in [0.3, 0.4) is 0 Å². The van der Waals surface area contributed by atoms with Crippen LogP contribution in [-0.4, -0.2) is 27.1 Å². The van der Waals surface area contributed by atoms with Crippen LogP contribution in [0.25, 0.3) is 6.08 Å². The number of hydrogen-bond acceptors (Lipinski definition) is 5.